The van der Waals surface area contributed by atoms with Gasteiger partial charge in [-0.15, -0.1) is 0 Å². The maximum atomic E-state index is 9.58. The summed E-state index contributed by atoms with van der Waals surface area (Å²) in [5.74, 6) is 0.691. The molecule has 0 bridgehead atoms. The number of aromatic nitrogens is 1. The van der Waals surface area contributed by atoms with Gasteiger partial charge in [-0.3, -0.25) is 4.90 Å². The highest BCUT2D eigenvalue weighted by atomic mass is 16.6. The van der Waals surface area contributed by atoms with Gasteiger partial charge in [-0.05, 0) is 23.1 Å². The van der Waals surface area contributed by atoms with Crippen LogP contribution in [0.5, 0.6) is 0 Å². The van der Waals surface area contributed by atoms with Crippen LogP contribution in [0.25, 0.3) is 5.57 Å². The van der Waals surface area contributed by atoms with E-state index >= 15 is 0 Å². The molecule has 4 rings (SSSR count). The van der Waals surface area contributed by atoms with Crippen molar-refractivity contribution in [2.24, 2.45) is 5.16 Å². The third-order valence-electron chi connectivity index (χ3n) is 5.24. The van der Waals surface area contributed by atoms with Crippen molar-refractivity contribution in [1.82, 2.24) is 10.1 Å². The maximum absolute atomic E-state index is 9.58. The molecule has 2 atom stereocenters. The molecule has 8 heteroatoms. The van der Waals surface area contributed by atoms with E-state index < -0.39 is 6.10 Å². The molecule has 2 aromatic rings. The van der Waals surface area contributed by atoms with Crippen LogP contribution in [0.3, 0.4) is 0 Å². The van der Waals surface area contributed by atoms with Crippen LogP contribution in [0.1, 0.15) is 24.0 Å². The first-order valence-corrected chi connectivity index (χ1v) is 9.89. The van der Waals surface area contributed by atoms with Crippen LogP contribution in [-0.2, 0) is 4.84 Å². The third-order valence-corrected chi connectivity index (χ3v) is 5.24. The standard InChI is InChI=1S/C21H26N4O4/c26-14-18(27)13-25-8-5-16(6-9-25)15-1-3-17(4-2-15)20-11-19(29-23-20)12-22-21-7-10-28-24-21/h1-5,7,10,18-19,26-27H,6,8-9,11-14H2,(H,22,24)/t18-,19?/m0/s1. The van der Waals surface area contributed by atoms with Crippen molar-refractivity contribution < 1.29 is 19.6 Å². The van der Waals surface area contributed by atoms with Gasteiger partial charge in [0, 0.05) is 32.1 Å². The van der Waals surface area contributed by atoms with Crippen molar-refractivity contribution in [3.63, 3.8) is 0 Å². The number of benzene rings is 1. The molecule has 1 aromatic carbocycles. The van der Waals surface area contributed by atoms with E-state index in [0.717, 1.165) is 37.2 Å². The van der Waals surface area contributed by atoms with E-state index in [-0.39, 0.29) is 12.7 Å². The maximum Gasteiger partial charge on any atom is 0.169 e. The first kappa shape index (κ1) is 19.6. The molecular formula is C21H26N4O4. The number of oxime groups is 1. The molecule has 0 spiro atoms. The summed E-state index contributed by atoms with van der Waals surface area (Å²) in [7, 11) is 0. The van der Waals surface area contributed by atoms with Crippen molar-refractivity contribution in [3.05, 3.63) is 53.8 Å². The Morgan fingerprint density at radius 2 is 2.03 bits per heavy atom. The first-order chi connectivity index (χ1) is 14.2. The predicted molar refractivity (Wildman–Crippen MR) is 110 cm³/mol. The molecule has 0 amide bonds. The quantitative estimate of drug-likeness (QED) is 0.622. The van der Waals surface area contributed by atoms with Gasteiger partial charge in [0.05, 0.1) is 25.0 Å². The molecule has 0 saturated heterocycles. The number of rotatable bonds is 8. The fraction of sp³-hybridized carbons (Fsp3) is 0.429. The molecule has 29 heavy (non-hydrogen) atoms. The molecule has 1 aromatic heterocycles. The average molecular weight is 398 g/mol. The third kappa shape index (κ3) is 5.03. The molecule has 0 aliphatic carbocycles. The summed E-state index contributed by atoms with van der Waals surface area (Å²) in [5, 5.41) is 29.8. The minimum atomic E-state index is -0.673. The Morgan fingerprint density at radius 1 is 1.21 bits per heavy atom. The Morgan fingerprint density at radius 3 is 2.72 bits per heavy atom. The second-order valence-electron chi connectivity index (χ2n) is 7.39. The molecule has 3 heterocycles. The van der Waals surface area contributed by atoms with Gasteiger partial charge in [0.25, 0.3) is 0 Å². The fourth-order valence-electron chi connectivity index (χ4n) is 3.60. The SMILES string of the molecule is OC[C@@H](O)CN1CC=C(c2ccc(C3=NOC(CNc4ccon4)C3)cc2)CC1. The predicted octanol–water partition coefficient (Wildman–Crippen LogP) is 1.72. The van der Waals surface area contributed by atoms with E-state index in [4.69, 9.17) is 14.5 Å². The van der Waals surface area contributed by atoms with Crippen LogP contribution < -0.4 is 5.32 Å². The highest BCUT2D eigenvalue weighted by molar-refractivity contribution is 6.01. The van der Waals surface area contributed by atoms with Gasteiger partial charge < -0.3 is 24.9 Å². The number of nitrogens with zero attached hydrogens (tertiary/aromatic N) is 3. The Hall–Kier alpha value is -2.68. The summed E-state index contributed by atoms with van der Waals surface area (Å²) >= 11 is 0. The molecule has 154 valence electrons. The molecule has 0 fully saturated rings. The topological polar surface area (TPSA) is 103 Å². The zero-order valence-electron chi connectivity index (χ0n) is 16.2. The molecule has 2 aliphatic rings. The Balaban J connectivity index is 1.29. The van der Waals surface area contributed by atoms with E-state index in [2.05, 4.69) is 50.9 Å². The minimum absolute atomic E-state index is 0.0253. The second-order valence-corrected chi connectivity index (χ2v) is 7.39. The summed E-state index contributed by atoms with van der Waals surface area (Å²) in [6.07, 6.45) is 4.70. The van der Waals surface area contributed by atoms with Gasteiger partial charge >= 0.3 is 0 Å². The number of β-amino-alcohol motifs (C(OH)–C–C–N with tert-alkyl or cyclic N) is 1. The molecule has 0 radical (unpaired) electrons. The van der Waals surface area contributed by atoms with E-state index in [0.29, 0.717) is 18.9 Å². The normalized spacial score (nSPS) is 20.7. The van der Waals surface area contributed by atoms with Crippen molar-refractivity contribution >= 4 is 17.1 Å². The van der Waals surface area contributed by atoms with Gasteiger partial charge in [-0.25, -0.2) is 0 Å². The summed E-state index contributed by atoms with van der Waals surface area (Å²) in [6.45, 7) is 2.59. The highest BCUT2D eigenvalue weighted by Crippen LogP contribution is 2.24. The van der Waals surface area contributed by atoms with Crippen LogP contribution >= 0.6 is 0 Å². The number of nitrogens with one attached hydrogen (secondary N) is 1. The van der Waals surface area contributed by atoms with Crippen molar-refractivity contribution in [1.29, 1.82) is 0 Å². The number of hydrogen-bond acceptors (Lipinski definition) is 8. The van der Waals surface area contributed by atoms with Gasteiger partial charge in [0.2, 0.25) is 0 Å². The molecule has 8 nitrogen and oxygen atoms in total. The van der Waals surface area contributed by atoms with E-state index in [1.54, 1.807) is 6.07 Å². The van der Waals surface area contributed by atoms with Crippen molar-refractivity contribution in [3.8, 4) is 0 Å². The minimum Gasteiger partial charge on any atom is -0.394 e. The van der Waals surface area contributed by atoms with E-state index in [9.17, 15) is 5.11 Å². The Labute approximate surface area is 169 Å². The van der Waals surface area contributed by atoms with Crippen LogP contribution in [0.2, 0.25) is 0 Å². The highest BCUT2D eigenvalue weighted by Gasteiger charge is 2.22. The Kier molecular flexibility index (Phi) is 6.24. The number of hydrogen-bond donors (Lipinski definition) is 3. The number of anilines is 1. The van der Waals surface area contributed by atoms with Gasteiger partial charge in [-0.1, -0.05) is 40.7 Å². The summed E-state index contributed by atoms with van der Waals surface area (Å²) in [4.78, 5) is 7.68. The summed E-state index contributed by atoms with van der Waals surface area (Å²) in [6, 6.07) is 10.2. The van der Waals surface area contributed by atoms with Gasteiger partial charge in [0.15, 0.2) is 5.82 Å². The number of aliphatic hydroxyl groups is 2. The van der Waals surface area contributed by atoms with Crippen LogP contribution in [0.15, 0.2) is 52.3 Å². The molecule has 0 saturated carbocycles. The fourth-order valence-corrected chi connectivity index (χ4v) is 3.60. The average Bonchev–Trinajstić information content (AvgIpc) is 3.45. The molecule has 1 unspecified atom stereocenters. The van der Waals surface area contributed by atoms with Crippen molar-refractivity contribution in [2.75, 3.05) is 38.1 Å². The lowest BCUT2D eigenvalue weighted by Gasteiger charge is -2.27. The number of aliphatic hydroxyl groups excluding tert-OH is 2. The zero-order valence-corrected chi connectivity index (χ0v) is 16.2. The molecule has 3 N–H and O–H groups in total. The zero-order chi connectivity index (χ0) is 20.1. The van der Waals surface area contributed by atoms with Crippen LogP contribution in [0, 0.1) is 0 Å². The summed E-state index contributed by atoms with van der Waals surface area (Å²) < 4.78 is 4.80. The Bertz CT molecular complexity index is 848. The second kappa shape index (κ2) is 9.21. The lowest BCUT2D eigenvalue weighted by Crippen LogP contribution is -2.36. The smallest absolute Gasteiger partial charge is 0.169 e. The van der Waals surface area contributed by atoms with Crippen molar-refractivity contribution in [2.45, 2.75) is 25.0 Å². The first-order valence-electron chi connectivity index (χ1n) is 9.89. The van der Waals surface area contributed by atoms with Gasteiger partial charge in [-0.2, -0.15) is 0 Å². The van der Waals surface area contributed by atoms with E-state index in [1.807, 2.05) is 0 Å². The van der Waals surface area contributed by atoms with E-state index in [1.165, 1.54) is 17.4 Å². The van der Waals surface area contributed by atoms with Crippen LogP contribution in [-0.4, -0.2) is 71.0 Å². The summed E-state index contributed by atoms with van der Waals surface area (Å²) in [5.41, 5.74) is 4.54. The van der Waals surface area contributed by atoms with Crippen LogP contribution in [0.4, 0.5) is 5.82 Å². The van der Waals surface area contributed by atoms with Gasteiger partial charge in [0.1, 0.15) is 12.4 Å². The monoisotopic (exact) mass is 398 g/mol. The molecular weight excluding hydrogens is 372 g/mol. The largest absolute Gasteiger partial charge is 0.394 e. The lowest BCUT2D eigenvalue weighted by molar-refractivity contribution is 0.0623. The molecule has 2 aliphatic heterocycles. The lowest BCUT2D eigenvalue weighted by atomic mass is 9.96.